The van der Waals surface area contributed by atoms with E-state index in [1.165, 1.54) is 16.7 Å². The van der Waals surface area contributed by atoms with Crippen molar-refractivity contribution in [2.75, 3.05) is 21.2 Å². The van der Waals surface area contributed by atoms with Gasteiger partial charge in [-0.15, -0.1) is 0 Å². The fourth-order valence-corrected chi connectivity index (χ4v) is 3.48. The number of aryl methyl sites for hydroxylation is 1. The van der Waals surface area contributed by atoms with E-state index in [0.717, 1.165) is 36.1 Å². The Labute approximate surface area is 184 Å². The molecule has 0 aliphatic heterocycles. The van der Waals surface area contributed by atoms with Crippen molar-refractivity contribution in [2.24, 2.45) is 4.99 Å². The fourth-order valence-electron chi connectivity index (χ4n) is 3.48. The first kappa shape index (κ1) is 22.4. The Bertz CT molecular complexity index is 983. The van der Waals surface area contributed by atoms with Crippen LogP contribution in [0, 0.1) is 6.92 Å². The second kappa shape index (κ2) is 11.2. The number of furan rings is 1. The number of hydrogen-bond donors (Lipinski definition) is 2. The average molecular weight is 421 g/mol. The van der Waals surface area contributed by atoms with Gasteiger partial charge in [0.25, 0.3) is 0 Å². The summed E-state index contributed by atoms with van der Waals surface area (Å²) in [5.74, 6) is 2.60. The van der Waals surface area contributed by atoms with Gasteiger partial charge in [0.2, 0.25) is 0 Å². The van der Waals surface area contributed by atoms with Gasteiger partial charge in [-0.2, -0.15) is 0 Å². The third-order valence-corrected chi connectivity index (χ3v) is 5.12. The van der Waals surface area contributed by atoms with Crippen molar-refractivity contribution in [2.45, 2.75) is 33.1 Å². The number of ether oxygens (including phenoxy) is 1. The minimum Gasteiger partial charge on any atom is -0.496 e. The summed E-state index contributed by atoms with van der Waals surface area (Å²) in [5, 5.41) is 6.80. The molecule has 0 atom stereocenters. The van der Waals surface area contributed by atoms with E-state index in [2.05, 4.69) is 70.9 Å². The lowest BCUT2D eigenvalue weighted by molar-refractivity contribution is 0.287. The number of guanidine groups is 1. The van der Waals surface area contributed by atoms with E-state index in [-0.39, 0.29) is 0 Å². The largest absolute Gasteiger partial charge is 0.496 e. The molecule has 0 aliphatic carbocycles. The second-order valence-corrected chi connectivity index (χ2v) is 7.61. The maximum atomic E-state index is 5.50. The third-order valence-electron chi connectivity index (χ3n) is 5.12. The quantitative estimate of drug-likeness (QED) is 0.403. The summed E-state index contributed by atoms with van der Waals surface area (Å²) in [5.41, 5.74) is 4.79. The minimum atomic E-state index is 0.636. The predicted molar refractivity (Wildman–Crippen MR) is 125 cm³/mol. The maximum Gasteiger partial charge on any atom is 0.191 e. The lowest BCUT2D eigenvalue weighted by Gasteiger charge is -2.19. The van der Waals surface area contributed by atoms with Gasteiger partial charge in [-0.1, -0.05) is 36.4 Å². The third kappa shape index (κ3) is 6.62. The van der Waals surface area contributed by atoms with E-state index in [4.69, 9.17) is 9.15 Å². The van der Waals surface area contributed by atoms with Gasteiger partial charge >= 0.3 is 0 Å². The molecule has 0 unspecified atom stereocenters. The van der Waals surface area contributed by atoms with Crippen LogP contribution in [0.2, 0.25) is 0 Å². The van der Waals surface area contributed by atoms with Crippen molar-refractivity contribution >= 4 is 5.96 Å². The highest BCUT2D eigenvalue weighted by Crippen LogP contribution is 2.19. The van der Waals surface area contributed by atoms with Crippen molar-refractivity contribution in [3.8, 4) is 5.75 Å². The molecule has 1 aromatic heterocycles. The number of benzene rings is 2. The molecule has 0 fully saturated rings. The van der Waals surface area contributed by atoms with Gasteiger partial charge in [0.15, 0.2) is 5.96 Å². The lowest BCUT2D eigenvalue weighted by Crippen LogP contribution is -2.36. The summed E-state index contributed by atoms with van der Waals surface area (Å²) in [6.45, 7) is 5.00. The Morgan fingerprint density at radius 2 is 1.71 bits per heavy atom. The molecule has 0 aliphatic rings. The van der Waals surface area contributed by atoms with E-state index in [0.29, 0.717) is 13.1 Å². The molecule has 0 amide bonds. The molecule has 0 saturated heterocycles. The molecule has 3 rings (SSSR count). The van der Waals surface area contributed by atoms with Gasteiger partial charge in [-0.25, -0.2) is 0 Å². The Hall–Kier alpha value is -3.25. The Morgan fingerprint density at radius 3 is 2.39 bits per heavy atom. The van der Waals surface area contributed by atoms with Gasteiger partial charge in [0.05, 0.1) is 19.9 Å². The maximum absolute atomic E-state index is 5.50. The first-order valence-corrected chi connectivity index (χ1v) is 10.4. The standard InChI is InChI=1S/C25H32N4O2/c1-19-11-12-21(24(14-19)30-4)16-28-25(26-2)27-15-20-8-5-6-9-22(20)17-29(3)18-23-10-7-13-31-23/h5-14H,15-18H2,1-4H3,(H2,26,27,28). The molecule has 2 N–H and O–H groups in total. The molecule has 164 valence electrons. The van der Waals surface area contributed by atoms with Gasteiger partial charge in [-0.05, 0) is 48.9 Å². The van der Waals surface area contributed by atoms with Gasteiger partial charge in [0.1, 0.15) is 11.5 Å². The van der Waals surface area contributed by atoms with E-state index in [1.807, 2.05) is 18.2 Å². The molecule has 0 bridgehead atoms. The number of nitrogens with one attached hydrogen (secondary N) is 2. The van der Waals surface area contributed by atoms with E-state index < -0.39 is 0 Å². The monoisotopic (exact) mass is 420 g/mol. The summed E-state index contributed by atoms with van der Waals surface area (Å²) in [6.07, 6.45) is 1.71. The summed E-state index contributed by atoms with van der Waals surface area (Å²) in [7, 11) is 5.58. The SMILES string of the molecule is CN=C(NCc1ccccc1CN(C)Cc1ccco1)NCc1ccc(C)cc1OC. The van der Waals surface area contributed by atoms with Crippen LogP contribution in [-0.2, 0) is 26.2 Å². The molecule has 2 aromatic carbocycles. The van der Waals surface area contributed by atoms with Crippen LogP contribution >= 0.6 is 0 Å². The highest BCUT2D eigenvalue weighted by atomic mass is 16.5. The summed E-state index contributed by atoms with van der Waals surface area (Å²) in [4.78, 5) is 6.61. The molecule has 3 aromatic rings. The van der Waals surface area contributed by atoms with Crippen molar-refractivity contribution in [1.82, 2.24) is 15.5 Å². The van der Waals surface area contributed by atoms with Gasteiger partial charge in [0, 0.05) is 32.2 Å². The van der Waals surface area contributed by atoms with Crippen LogP contribution in [0.3, 0.4) is 0 Å². The van der Waals surface area contributed by atoms with Crippen LogP contribution < -0.4 is 15.4 Å². The highest BCUT2D eigenvalue weighted by Gasteiger charge is 2.09. The first-order valence-electron chi connectivity index (χ1n) is 10.4. The van der Waals surface area contributed by atoms with E-state index in [1.54, 1.807) is 20.4 Å². The minimum absolute atomic E-state index is 0.636. The molecule has 1 heterocycles. The predicted octanol–water partition coefficient (Wildman–Crippen LogP) is 4.09. The van der Waals surface area contributed by atoms with Crippen LogP contribution in [-0.4, -0.2) is 32.1 Å². The molecular weight excluding hydrogens is 388 g/mol. The first-order chi connectivity index (χ1) is 15.1. The second-order valence-electron chi connectivity index (χ2n) is 7.61. The van der Waals surface area contributed by atoms with Crippen molar-refractivity contribution < 1.29 is 9.15 Å². The van der Waals surface area contributed by atoms with Gasteiger partial charge in [-0.3, -0.25) is 9.89 Å². The fraction of sp³-hybridized carbons (Fsp3) is 0.320. The zero-order chi connectivity index (χ0) is 22.1. The van der Waals surface area contributed by atoms with Crippen molar-refractivity contribution in [3.05, 3.63) is 88.9 Å². The van der Waals surface area contributed by atoms with E-state index in [9.17, 15) is 0 Å². The average Bonchev–Trinajstić information content (AvgIpc) is 3.28. The molecule has 0 saturated carbocycles. The smallest absolute Gasteiger partial charge is 0.191 e. The van der Waals surface area contributed by atoms with Crippen LogP contribution in [0.4, 0.5) is 0 Å². The van der Waals surface area contributed by atoms with Crippen molar-refractivity contribution in [3.63, 3.8) is 0 Å². The number of nitrogens with zero attached hydrogens (tertiary/aromatic N) is 2. The van der Waals surface area contributed by atoms with Crippen LogP contribution in [0.15, 0.2) is 70.3 Å². The number of aliphatic imine (C=N–C) groups is 1. The Morgan fingerprint density at radius 1 is 0.968 bits per heavy atom. The molecule has 0 spiro atoms. The van der Waals surface area contributed by atoms with Crippen LogP contribution in [0.5, 0.6) is 5.75 Å². The summed E-state index contributed by atoms with van der Waals surface area (Å²) in [6, 6.07) is 18.6. The Kier molecular flexibility index (Phi) is 8.12. The highest BCUT2D eigenvalue weighted by molar-refractivity contribution is 5.79. The van der Waals surface area contributed by atoms with E-state index >= 15 is 0 Å². The molecule has 31 heavy (non-hydrogen) atoms. The van der Waals surface area contributed by atoms with Crippen molar-refractivity contribution in [1.29, 1.82) is 0 Å². The summed E-state index contributed by atoms with van der Waals surface area (Å²) < 4.78 is 11.0. The van der Waals surface area contributed by atoms with Crippen LogP contribution in [0.1, 0.15) is 28.0 Å². The Balaban J connectivity index is 1.57. The molecule has 6 nitrogen and oxygen atoms in total. The number of hydrogen-bond acceptors (Lipinski definition) is 4. The van der Waals surface area contributed by atoms with Gasteiger partial charge < -0.3 is 19.8 Å². The molecular formula is C25H32N4O2. The lowest BCUT2D eigenvalue weighted by atomic mass is 10.1. The van der Waals surface area contributed by atoms with Crippen LogP contribution in [0.25, 0.3) is 0 Å². The zero-order valence-electron chi connectivity index (χ0n) is 18.8. The molecule has 0 radical (unpaired) electrons. The number of rotatable bonds is 9. The zero-order valence-corrected chi connectivity index (χ0v) is 18.8. The number of methoxy groups -OCH3 is 1. The summed E-state index contributed by atoms with van der Waals surface area (Å²) >= 11 is 0. The topological polar surface area (TPSA) is 62.0 Å². The molecule has 6 heteroatoms. The normalized spacial score (nSPS) is 11.6.